The number of nitrogens with one attached hydrogen (secondary N) is 1. The summed E-state index contributed by atoms with van der Waals surface area (Å²) in [5, 5.41) is 25.2. The van der Waals surface area contributed by atoms with Gasteiger partial charge in [-0.15, -0.1) is 0 Å². The number of rotatable bonds is 6. The molecule has 0 radical (unpaired) electrons. The van der Waals surface area contributed by atoms with Crippen molar-refractivity contribution in [3.05, 3.63) is 91.5 Å². The number of Topliss-reactive ketones (excluding diaryl/α,β-unsaturated/α-hetero) is 2. The largest absolute Gasteiger partial charge is 0.341 e. The maximum Gasteiger partial charge on any atom is 0.341 e. The summed E-state index contributed by atoms with van der Waals surface area (Å²) in [4.78, 5) is 51.2. The zero-order valence-corrected chi connectivity index (χ0v) is 16.9. The van der Waals surface area contributed by atoms with Crippen LogP contribution >= 0.6 is 0 Å². The number of piperidine rings is 1. The molecule has 4 atom stereocenters. The van der Waals surface area contributed by atoms with Crippen LogP contribution < -0.4 is 4.90 Å². The minimum absolute atomic E-state index is 0.00876. The van der Waals surface area contributed by atoms with Gasteiger partial charge < -0.3 is 4.90 Å². The molecule has 0 amide bonds. The van der Waals surface area contributed by atoms with Gasteiger partial charge in [-0.3, -0.25) is 29.8 Å². The lowest BCUT2D eigenvalue weighted by Gasteiger charge is -2.48. The zero-order valence-electron chi connectivity index (χ0n) is 16.9. The molecule has 160 valence electrons. The van der Waals surface area contributed by atoms with Crippen LogP contribution in [0, 0.1) is 26.1 Å². The van der Waals surface area contributed by atoms with Crippen molar-refractivity contribution in [1.29, 1.82) is 0 Å². The third kappa shape index (κ3) is 2.80. The molecule has 1 saturated heterocycles. The average molecular weight is 424 g/mol. The maximum absolute atomic E-state index is 13.6. The SMILES string of the molecule is CC[NH+]1CC2([N+](=O)[O-])C(=O)c3ccccc3C([N+](=O)[O-])(C1)C2CC(=O)c1ccccc1. The van der Waals surface area contributed by atoms with Crippen LogP contribution in [0.25, 0.3) is 0 Å². The van der Waals surface area contributed by atoms with E-state index in [9.17, 15) is 29.8 Å². The molecule has 31 heavy (non-hydrogen) atoms. The maximum atomic E-state index is 13.6. The van der Waals surface area contributed by atoms with Gasteiger partial charge in [-0.2, -0.15) is 0 Å². The predicted octanol–water partition coefficient (Wildman–Crippen LogP) is 1.18. The standard InChI is InChI=1S/C22H21N3O6/c1-2-23-13-21(24(28)29)17-11-7-6-10-16(17)20(27)22(14-23,25(30)31)19(21)12-18(26)15-8-4-3-5-9-15/h3-11,19H,2,12-14H2,1H3/p+1. The van der Waals surface area contributed by atoms with Crippen LogP contribution in [0.3, 0.4) is 0 Å². The Hall–Kier alpha value is -3.46. The lowest BCUT2D eigenvalue weighted by atomic mass is 9.56. The fourth-order valence-corrected chi connectivity index (χ4v) is 5.36. The molecule has 2 aromatic carbocycles. The zero-order chi connectivity index (χ0) is 22.4. The molecular formula is C22H22N3O6+. The van der Waals surface area contributed by atoms with Gasteiger partial charge >= 0.3 is 11.1 Å². The van der Waals surface area contributed by atoms with E-state index in [2.05, 4.69) is 0 Å². The van der Waals surface area contributed by atoms with Crippen molar-refractivity contribution in [2.45, 2.75) is 24.4 Å². The Bertz CT molecular complexity index is 1090. The van der Waals surface area contributed by atoms with Crippen molar-refractivity contribution >= 4 is 11.6 Å². The predicted molar refractivity (Wildman–Crippen MR) is 109 cm³/mol. The number of carbonyl (C=O) groups excluding carboxylic acids is 2. The smallest absolute Gasteiger partial charge is 0.322 e. The number of hydrogen-bond donors (Lipinski definition) is 1. The molecule has 4 unspecified atom stereocenters. The van der Waals surface area contributed by atoms with Crippen molar-refractivity contribution in [2.24, 2.45) is 5.92 Å². The summed E-state index contributed by atoms with van der Waals surface area (Å²) in [7, 11) is 0. The molecule has 2 bridgehead atoms. The number of likely N-dealkylation sites (N-methyl/N-ethyl adjacent to an activating group) is 1. The first-order chi connectivity index (χ1) is 14.8. The van der Waals surface area contributed by atoms with Crippen LogP contribution in [-0.2, 0) is 5.54 Å². The molecule has 2 aliphatic rings. The van der Waals surface area contributed by atoms with Crippen LogP contribution in [0.1, 0.15) is 39.6 Å². The molecule has 1 fully saturated rings. The quantitative estimate of drug-likeness (QED) is 0.422. The second-order valence-electron chi connectivity index (χ2n) is 8.24. The molecule has 0 spiro atoms. The normalized spacial score (nSPS) is 29.1. The van der Waals surface area contributed by atoms with Gasteiger partial charge in [-0.1, -0.05) is 54.6 Å². The van der Waals surface area contributed by atoms with Gasteiger partial charge in [-0.25, -0.2) is 0 Å². The monoisotopic (exact) mass is 424 g/mol. The average Bonchev–Trinajstić information content (AvgIpc) is 2.78. The molecule has 4 rings (SSSR count). The van der Waals surface area contributed by atoms with Crippen LogP contribution in [0.5, 0.6) is 0 Å². The summed E-state index contributed by atoms with van der Waals surface area (Å²) in [6.07, 6.45) is -0.455. The number of carbonyl (C=O) groups is 2. The van der Waals surface area contributed by atoms with E-state index < -0.39 is 44.8 Å². The number of hydrogen-bond acceptors (Lipinski definition) is 6. The van der Waals surface area contributed by atoms with Gasteiger partial charge in [0.2, 0.25) is 5.78 Å². The first-order valence-corrected chi connectivity index (χ1v) is 10.1. The number of quaternary nitrogens is 1. The summed E-state index contributed by atoms with van der Waals surface area (Å²) in [5.41, 5.74) is -3.67. The number of likely N-dealkylation sites (tertiary alicyclic amines) is 1. The third-order valence-corrected chi connectivity index (χ3v) is 6.86. The van der Waals surface area contributed by atoms with Gasteiger partial charge in [0.05, 0.1) is 6.54 Å². The molecule has 0 saturated carbocycles. The van der Waals surface area contributed by atoms with Crippen LogP contribution in [0.2, 0.25) is 0 Å². The van der Waals surface area contributed by atoms with Gasteiger partial charge in [0.1, 0.15) is 5.92 Å². The molecule has 1 aliphatic heterocycles. The van der Waals surface area contributed by atoms with Crippen molar-refractivity contribution in [1.82, 2.24) is 0 Å². The van der Waals surface area contributed by atoms with E-state index in [1.807, 2.05) is 0 Å². The Labute approximate surface area is 178 Å². The van der Waals surface area contributed by atoms with Crippen LogP contribution in [-0.4, -0.2) is 46.6 Å². The highest BCUT2D eigenvalue weighted by Gasteiger charge is 2.79. The first-order valence-electron chi connectivity index (χ1n) is 10.1. The van der Waals surface area contributed by atoms with Crippen molar-refractivity contribution < 1.29 is 24.3 Å². The lowest BCUT2D eigenvalue weighted by molar-refractivity contribution is -0.946. The van der Waals surface area contributed by atoms with Gasteiger partial charge in [0.15, 0.2) is 18.9 Å². The Morgan fingerprint density at radius 2 is 1.58 bits per heavy atom. The highest BCUT2D eigenvalue weighted by molar-refractivity contribution is 6.06. The van der Waals surface area contributed by atoms with Crippen molar-refractivity contribution in [3.63, 3.8) is 0 Å². The molecular weight excluding hydrogens is 402 g/mol. The van der Waals surface area contributed by atoms with E-state index in [0.29, 0.717) is 17.0 Å². The number of ketones is 2. The van der Waals surface area contributed by atoms with Crippen LogP contribution in [0.15, 0.2) is 54.6 Å². The second kappa shape index (κ2) is 7.35. The van der Waals surface area contributed by atoms with Crippen LogP contribution in [0.4, 0.5) is 0 Å². The Morgan fingerprint density at radius 1 is 1.00 bits per heavy atom. The lowest BCUT2D eigenvalue weighted by Crippen LogP contribution is -3.19. The highest BCUT2D eigenvalue weighted by atomic mass is 16.6. The first kappa shape index (κ1) is 20.8. The third-order valence-electron chi connectivity index (χ3n) is 6.86. The van der Waals surface area contributed by atoms with E-state index in [1.54, 1.807) is 49.4 Å². The van der Waals surface area contributed by atoms with Gasteiger partial charge in [0.25, 0.3) is 0 Å². The van der Waals surface area contributed by atoms with Crippen molar-refractivity contribution in [3.8, 4) is 0 Å². The summed E-state index contributed by atoms with van der Waals surface area (Å²) in [5.74, 6) is -2.59. The molecule has 1 aliphatic carbocycles. The summed E-state index contributed by atoms with van der Waals surface area (Å²) >= 11 is 0. The Kier molecular flexibility index (Phi) is 4.93. The summed E-state index contributed by atoms with van der Waals surface area (Å²) in [6.45, 7) is 1.95. The van der Waals surface area contributed by atoms with E-state index in [0.717, 1.165) is 0 Å². The van der Waals surface area contributed by atoms with Gasteiger partial charge in [0, 0.05) is 33.0 Å². The molecule has 9 nitrogen and oxygen atoms in total. The molecule has 1 N–H and O–H groups in total. The van der Waals surface area contributed by atoms with E-state index in [-0.39, 0.29) is 24.2 Å². The van der Waals surface area contributed by atoms with E-state index in [1.165, 1.54) is 12.1 Å². The number of benzene rings is 2. The highest BCUT2D eigenvalue weighted by Crippen LogP contribution is 2.50. The van der Waals surface area contributed by atoms with Crippen molar-refractivity contribution in [2.75, 3.05) is 19.6 Å². The minimum atomic E-state index is -2.24. The number of nitrogens with zero attached hydrogens (tertiary/aromatic N) is 2. The molecule has 2 aromatic rings. The topological polar surface area (TPSA) is 125 Å². The summed E-state index contributed by atoms with van der Waals surface area (Å²) < 4.78 is 0. The van der Waals surface area contributed by atoms with Gasteiger partial charge in [-0.05, 0) is 6.92 Å². The summed E-state index contributed by atoms with van der Waals surface area (Å²) in [6, 6.07) is 14.2. The molecule has 0 aromatic heterocycles. The minimum Gasteiger partial charge on any atom is -0.322 e. The fraction of sp³-hybridized carbons (Fsp3) is 0.364. The second-order valence-corrected chi connectivity index (χ2v) is 8.24. The molecule has 9 heteroatoms. The van der Waals surface area contributed by atoms with E-state index in [4.69, 9.17) is 0 Å². The molecule has 1 heterocycles. The Balaban J connectivity index is 1.99. The number of nitro groups is 2. The Morgan fingerprint density at radius 3 is 2.19 bits per heavy atom. The van der Waals surface area contributed by atoms with E-state index >= 15 is 0 Å². The number of fused-ring (bicyclic) bond motifs is 4. The fourth-order valence-electron chi connectivity index (χ4n) is 5.36.